The van der Waals surface area contributed by atoms with Gasteiger partial charge in [-0.1, -0.05) is 36.8 Å². The number of hydrogen-bond donors (Lipinski definition) is 1. The minimum Gasteiger partial charge on any atom is -0.507 e. The molecule has 0 spiro atoms. The van der Waals surface area contributed by atoms with Crippen LogP contribution in [0.25, 0.3) is 28.2 Å². The fourth-order valence-electron chi connectivity index (χ4n) is 3.05. The fourth-order valence-corrected chi connectivity index (χ4v) is 3.05. The van der Waals surface area contributed by atoms with Crippen molar-refractivity contribution in [3.05, 3.63) is 71.9 Å². The summed E-state index contributed by atoms with van der Waals surface area (Å²) in [5.41, 5.74) is 6.65. The van der Waals surface area contributed by atoms with Crippen LogP contribution < -0.4 is 0 Å². The Bertz CT molecular complexity index is 1070. The van der Waals surface area contributed by atoms with Gasteiger partial charge in [0.2, 0.25) is 0 Å². The van der Waals surface area contributed by atoms with Crippen molar-refractivity contribution in [2.45, 2.75) is 20.3 Å². The lowest BCUT2D eigenvalue weighted by molar-refractivity contribution is 0.476. The molecular formula is C21H19N3O. The quantitative estimate of drug-likeness (QED) is 0.596. The van der Waals surface area contributed by atoms with Crippen LogP contribution in [0, 0.1) is 6.92 Å². The number of phenols is 1. The summed E-state index contributed by atoms with van der Waals surface area (Å²) >= 11 is 0. The maximum absolute atomic E-state index is 10.3. The molecule has 2 aromatic carbocycles. The second kappa shape index (κ2) is 6.06. The Balaban J connectivity index is 1.92. The van der Waals surface area contributed by atoms with E-state index < -0.39 is 0 Å². The molecule has 1 N–H and O–H groups in total. The van der Waals surface area contributed by atoms with Crippen molar-refractivity contribution < 1.29 is 5.11 Å². The molecule has 124 valence electrons. The van der Waals surface area contributed by atoms with Gasteiger partial charge in [-0.05, 0) is 43.2 Å². The number of phenolic OH excluding ortho intramolecular Hbond substituents is 1. The molecule has 2 aromatic heterocycles. The molecule has 2 heterocycles. The molecule has 0 atom stereocenters. The van der Waals surface area contributed by atoms with Gasteiger partial charge < -0.3 is 5.11 Å². The number of rotatable bonds is 3. The number of nitrogens with zero attached hydrogens (tertiary/aromatic N) is 3. The summed E-state index contributed by atoms with van der Waals surface area (Å²) < 4.78 is 1.80. The normalized spacial score (nSPS) is 11.1. The van der Waals surface area contributed by atoms with Gasteiger partial charge in [-0.15, -0.1) is 0 Å². The third-order valence-corrected chi connectivity index (χ3v) is 4.42. The van der Waals surface area contributed by atoms with Gasteiger partial charge in [0, 0.05) is 23.4 Å². The minimum atomic E-state index is 0.248. The van der Waals surface area contributed by atoms with Crippen LogP contribution in [-0.2, 0) is 6.42 Å². The first kappa shape index (κ1) is 15.4. The number of aryl methyl sites for hydroxylation is 2. The average Bonchev–Trinajstić information content (AvgIpc) is 3.06. The Hall–Kier alpha value is -3.14. The highest BCUT2D eigenvalue weighted by molar-refractivity contribution is 5.72. The highest BCUT2D eigenvalue weighted by atomic mass is 16.3. The first-order valence-electron chi connectivity index (χ1n) is 8.40. The minimum absolute atomic E-state index is 0.248. The summed E-state index contributed by atoms with van der Waals surface area (Å²) in [6.07, 6.45) is 2.67. The van der Waals surface area contributed by atoms with Gasteiger partial charge in [-0.2, -0.15) is 5.10 Å². The molecule has 0 aliphatic heterocycles. The predicted octanol–water partition coefficient (Wildman–Crippen LogP) is 4.64. The van der Waals surface area contributed by atoms with Gasteiger partial charge in [0.1, 0.15) is 5.75 Å². The van der Waals surface area contributed by atoms with Crippen LogP contribution in [0.3, 0.4) is 0 Å². The molecule has 0 aliphatic rings. The molecule has 0 unspecified atom stereocenters. The van der Waals surface area contributed by atoms with E-state index in [1.807, 2.05) is 36.4 Å². The van der Waals surface area contributed by atoms with Crippen molar-refractivity contribution in [1.29, 1.82) is 0 Å². The van der Waals surface area contributed by atoms with E-state index in [2.05, 4.69) is 31.0 Å². The van der Waals surface area contributed by atoms with Crippen molar-refractivity contribution in [2.75, 3.05) is 0 Å². The second-order valence-electron chi connectivity index (χ2n) is 6.20. The van der Waals surface area contributed by atoms with E-state index in [0.717, 1.165) is 34.6 Å². The summed E-state index contributed by atoms with van der Waals surface area (Å²) in [5.74, 6) is 0.248. The lowest BCUT2D eigenvalue weighted by Crippen LogP contribution is -1.96. The van der Waals surface area contributed by atoms with Crippen molar-refractivity contribution in [2.24, 2.45) is 0 Å². The SMILES string of the molecule is CCc1ccc(O)c(-c2ccnc3cc(-c4cccc(C)c4)nn23)c1. The van der Waals surface area contributed by atoms with E-state index in [1.165, 1.54) is 11.1 Å². The van der Waals surface area contributed by atoms with Gasteiger partial charge >= 0.3 is 0 Å². The van der Waals surface area contributed by atoms with Crippen LogP contribution >= 0.6 is 0 Å². The van der Waals surface area contributed by atoms with E-state index in [1.54, 1.807) is 16.8 Å². The maximum Gasteiger partial charge on any atom is 0.156 e. The Kier molecular flexibility index (Phi) is 3.73. The second-order valence-corrected chi connectivity index (χ2v) is 6.20. The molecule has 25 heavy (non-hydrogen) atoms. The fraction of sp³-hybridized carbons (Fsp3) is 0.143. The number of hydrogen-bond acceptors (Lipinski definition) is 3. The van der Waals surface area contributed by atoms with E-state index in [0.29, 0.717) is 0 Å². The third-order valence-electron chi connectivity index (χ3n) is 4.42. The first-order valence-corrected chi connectivity index (χ1v) is 8.40. The van der Waals surface area contributed by atoms with Crippen LogP contribution in [0.5, 0.6) is 5.75 Å². The van der Waals surface area contributed by atoms with Crippen LogP contribution in [0.2, 0.25) is 0 Å². The molecule has 4 nitrogen and oxygen atoms in total. The number of fused-ring (bicyclic) bond motifs is 1. The molecule has 0 saturated heterocycles. The monoisotopic (exact) mass is 329 g/mol. The van der Waals surface area contributed by atoms with Crippen LogP contribution in [-0.4, -0.2) is 19.7 Å². The summed E-state index contributed by atoms with van der Waals surface area (Å²) in [5, 5.41) is 15.1. The Morgan fingerprint density at radius 2 is 1.92 bits per heavy atom. The molecule has 0 aliphatic carbocycles. The first-order chi connectivity index (χ1) is 12.2. The lowest BCUT2D eigenvalue weighted by Gasteiger charge is -2.08. The van der Waals surface area contributed by atoms with Gasteiger partial charge in [-0.25, -0.2) is 9.50 Å². The largest absolute Gasteiger partial charge is 0.507 e. The topological polar surface area (TPSA) is 50.4 Å². The summed E-state index contributed by atoms with van der Waals surface area (Å²) in [6.45, 7) is 4.17. The standard InChI is InChI=1S/C21H19N3O/c1-3-15-7-8-20(25)17(12-15)19-9-10-22-21-13-18(23-24(19)21)16-6-4-5-14(2)11-16/h4-13,25H,3H2,1-2H3. The molecule has 0 bridgehead atoms. The third kappa shape index (κ3) is 2.76. The van der Waals surface area contributed by atoms with Gasteiger partial charge in [-0.3, -0.25) is 0 Å². The van der Waals surface area contributed by atoms with Gasteiger partial charge in [0.15, 0.2) is 5.65 Å². The van der Waals surface area contributed by atoms with Crippen molar-refractivity contribution in [1.82, 2.24) is 14.6 Å². The van der Waals surface area contributed by atoms with Crippen molar-refractivity contribution in [3.8, 4) is 28.3 Å². The number of benzene rings is 2. The summed E-state index contributed by atoms with van der Waals surface area (Å²) in [4.78, 5) is 4.43. The zero-order chi connectivity index (χ0) is 17.4. The molecule has 0 amide bonds. The smallest absolute Gasteiger partial charge is 0.156 e. The Labute approximate surface area is 146 Å². The van der Waals surface area contributed by atoms with Crippen molar-refractivity contribution in [3.63, 3.8) is 0 Å². The highest BCUT2D eigenvalue weighted by Gasteiger charge is 2.13. The molecule has 4 aromatic rings. The van der Waals surface area contributed by atoms with Crippen molar-refractivity contribution >= 4 is 5.65 Å². The molecular weight excluding hydrogens is 310 g/mol. The average molecular weight is 329 g/mol. The lowest BCUT2D eigenvalue weighted by atomic mass is 10.1. The molecule has 0 fully saturated rings. The zero-order valence-electron chi connectivity index (χ0n) is 14.3. The molecule has 4 rings (SSSR count). The highest BCUT2D eigenvalue weighted by Crippen LogP contribution is 2.31. The summed E-state index contributed by atoms with van der Waals surface area (Å²) in [6, 6.07) is 17.8. The van der Waals surface area contributed by atoms with E-state index in [4.69, 9.17) is 5.10 Å². The number of aromatic nitrogens is 3. The van der Waals surface area contributed by atoms with E-state index >= 15 is 0 Å². The Morgan fingerprint density at radius 3 is 2.72 bits per heavy atom. The molecule has 0 radical (unpaired) electrons. The van der Waals surface area contributed by atoms with Gasteiger partial charge in [0.25, 0.3) is 0 Å². The van der Waals surface area contributed by atoms with E-state index in [-0.39, 0.29) is 5.75 Å². The van der Waals surface area contributed by atoms with Crippen LogP contribution in [0.1, 0.15) is 18.1 Å². The Morgan fingerprint density at radius 1 is 1.04 bits per heavy atom. The molecule has 4 heteroatoms. The van der Waals surface area contributed by atoms with Gasteiger partial charge in [0.05, 0.1) is 11.4 Å². The maximum atomic E-state index is 10.3. The summed E-state index contributed by atoms with van der Waals surface area (Å²) in [7, 11) is 0. The predicted molar refractivity (Wildman–Crippen MR) is 99.6 cm³/mol. The van der Waals surface area contributed by atoms with E-state index in [9.17, 15) is 5.11 Å². The van der Waals surface area contributed by atoms with Crippen LogP contribution in [0.4, 0.5) is 0 Å². The van der Waals surface area contributed by atoms with Crippen LogP contribution in [0.15, 0.2) is 60.8 Å². The zero-order valence-corrected chi connectivity index (χ0v) is 14.3. The molecule has 0 saturated carbocycles. The number of aromatic hydroxyl groups is 1.